The van der Waals surface area contributed by atoms with E-state index in [1.54, 1.807) is 38.1 Å². The minimum absolute atomic E-state index is 0.00368. The maximum absolute atomic E-state index is 13.7. The van der Waals surface area contributed by atoms with Gasteiger partial charge in [-0.15, -0.1) is 0 Å². The number of aliphatic hydroxyl groups excluding tert-OH is 1. The Morgan fingerprint density at radius 1 is 0.642 bits per heavy atom. The molecule has 0 fully saturated rings. The number of nitrogens with two attached hydrogens (primary N) is 2. The monoisotopic (exact) mass is 737 g/mol. The fraction of sp³-hybridized carbons (Fsp3) is 0.538. The molecule has 0 aliphatic carbocycles. The molecule has 14 heteroatoms. The normalized spacial score (nSPS) is 14.7. The molecule has 2 aromatic rings. The number of carbonyl (C=O) groups is 6. The van der Waals surface area contributed by atoms with Gasteiger partial charge in [-0.05, 0) is 53.9 Å². The summed E-state index contributed by atoms with van der Waals surface area (Å²) in [6.45, 7) is 12.4. The average molecular weight is 738 g/mol. The molecule has 0 heterocycles. The third kappa shape index (κ3) is 16.1. The smallest absolute Gasteiger partial charge is 0.243 e. The van der Waals surface area contributed by atoms with Gasteiger partial charge in [-0.2, -0.15) is 0 Å². The summed E-state index contributed by atoms with van der Waals surface area (Å²) in [7, 11) is 0. The van der Waals surface area contributed by atoms with Gasteiger partial charge >= 0.3 is 0 Å². The molecule has 0 bridgehead atoms. The van der Waals surface area contributed by atoms with Gasteiger partial charge in [0.1, 0.15) is 24.2 Å². The number of nitrogen functional groups attached to an aromatic ring is 1. The number of amides is 6. The topological polar surface area (TPSA) is 235 Å². The summed E-state index contributed by atoms with van der Waals surface area (Å²) in [4.78, 5) is 78.0. The van der Waals surface area contributed by atoms with Crippen LogP contribution in [-0.4, -0.2) is 76.9 Å². The van der Waals surface area contributed by atoms with E-state index < -0.39 is 78.2 Å². The van der Waals surface area contributed by atoms with E-state index in [1.165, 1.54) is 6.92 Å². The molecular formula is C39H59N7O7. The number of aliphatic hydroxyl groups is 1. The van der Waals surface area contributed by atoms with E-state index in [0.717, 1.165) is 11.1 Å². The van der Waals surface area contributed by atoms with Crippen molar-refractivity contribution in [3.05, 3.63) is 65.7 Å². The number of nitrogens with one attached hydrogen (secondary N) is 5. The van der Waals surface area contributed by atoms with E-state index in [9.17, 15) is 33.9 Å². The van der Waals surface area contributed by atoms with Gasteiger partial charge in [-0.25, -0.2) is 0 Å². The highest BCUT2D eigenvalue weighted by atomic mass is 16.3. The Kier molecular flexibility index (Phi) is 17.9. The molecule has 0 saturated carbocycles. The third-order valence-electron chi connectivity index (χ3n) is 8.57. The second-order valence-corrected chi connectivity index (χ2v) is 14.8. The van der Waals surface area contributed by atoms with Crippen LogP contribution in [0.4, 0.5) is 5.69 Å². The molecule has 0 unspecified atom stereocenters. The van der Waals surface area contributed by atoms with Crippen molar-refractivity contribution in [1.82, 2.24) is 26.6 Å². The highest BCUT2D eigenvalue weighted by Gasteiger charge is 2.33. The zero-order chi connectivity index (χ0) is 39.8. The fourth-order valence-electron chi connectivity index (χ4n) is 5.86. The molecule has 2 rings (SSSR count). The van der Waals surface area contributed by atoms with Crippen LogP contribution in [0.15, 0.2) is 54.6 Å². The molecule has 0 aliphatic heterocycles. The Morgan fingerprint density at radius 2 is 1.19 bits per heavy atom. The Balaban J connectivity index is 2.16. The number of hydrogen-bond acceptors (Lipinski definition) is 8. The predicted molar refractivity (Wildman–Crippen MR) is 204 cm³/mol. The number of rotatable bonds is 21. The second kappa shape index (κ2) is 21.5. The molecule has 6 amide bonds. The highest BCUT2D eigenvalue weighted by molar-refractivity contribution is 5.93. The van der Waals surface area contributed by atoms with E-state index in [-0.39, 0.29) is 37.0 Å². The van der Waals surface area contributed by atoms with E-state index in [1.807, 2.05) is 58.0 Å². The van der Waals surface area contributed by atoms with E-state index >= 15 is 0 Å². The van der Waals surface area contributed by atoms with Gasteiger partial charge in [0.15, 0.2) is 0 Å². The van der Waals surface area contributed by atoms with Crippen molar-refractivity contribution in [2.75, 3.05) is 5.73 Å². The minimum Gasteiger partial charge on any atom is -0.399 e. The molecule has 14 nitrogen and oxygen atoms in total. The lowest BCUT2D eigenvalue weighted by Gasteiger charge is -2.30. The van der Waals surface area contributed by atoms with Gasteiger partial charge in [0.05, 0.1) is 18.6 Å². The first-order valence-corrected chi connectivity index (χ1v) is 18.2. The van der Waals surface area contributed by atoms with Crippen LogP contribution < -0.4 is 38.1 Å². The molecule has 0 aliphatic rings. The summed E-state index contributed by atoms with van der Waals surface area (Å²) >= 11 is 0. The first-order chi connectivity index (χ1) is 24.9. The van der Waals surface area contributed by atoms with Crippen molar-refractivity contribution in [2.45, 2.75) is 117 Å². The number of carbonyl (C=O) groups excluding carboxylic acids is 6. The van der Waals surface area contributed by atoms with Gasteiger partial charge in [0, 0.05) is 25.5 Å². The first kappa shape index (κ1) is 44.2. The molecule has 53 heavy (non-hydrogen) atoms. The van der Waals surface area contributed by atoms with Gasteiger partial charge in [0.25, 0.3) is 0 Å². The van der Waals surface area contributed by atoms with Crippen molar-refractivity contribution >= 4 is 41.1 Å². The first-order valence-electron chi connectivity index (χ1n) is 18.2. The van der Waals surface area contributed by atoms with Gasteiger partial charge < -0.3 is 43.2 Å². The van der Waals surface area contributed by atoms with Gasteiger partial charge in [0.2, 0.25) is 35.4 Å². The summed E-state index contributed by atoms with van der Waals surface area (Å²) in [6.07, 6.45) is -0.887. The predicted octanol–water partition coefficient (Wildman–Crippen LogP) is 1.48. The molecule has 0 saturated heterocycles. The number of anilines is 1. The Bertz CT molecular complexity index is 1520. The molecule has 6 atom stereocenters. The van der Waals surface area contributed by atoms with Gasteiger partial charge in [-0.3, -0.25) is 28.8 Å². The average Bonchev–Trinajstić information content (AvgIpc) is 3.06. The zero-order valence-corrected chi connectivity index (χ0v) is 32.0. The van der Waals surface area contributed by atoms with Crippen molar-refractivity contribution < 1.29 is 33.9 Å². The maximum atomic E-state index is 13.7. The Labute approximate surface area is 313 Å². The summed E-state index contributed by atoms with van der Waals surface area (Å²) in [5, 5.41) is 24.9. The number of benzene rings is 2. The van der Waals surface area contributed by atoms with Crippen LogP contribution in [-0.2, 0) is 41.6 Å². The van der Waals surface area contributed by atoms with Crippen LogP contribution in [0.2, 0.25) is 0 Å². The number of primary amides is 1. The van der Waals surface area contributed by atoms with Crippen molar-refractivity contribution in [1.29, 1.82) is 0 Å². The van der Waals surface area contributed by atoms with Crippen molar-refractivity contribution in [3.63, 3.8) is 0 Å². The molecule has 292 valence electrons. The summed E-state index contributed by atoms with van der Waals surface area (Å²) in [6, 6.07) is 11.0. The quantitative estimate of drug-likeness (QED) is 0.0872. The summed E-state index contributed by atoms with van der Waals surface area (Å²) in [5.41, 5.74) is 13.5. The largest absolute Gasteiger partial charge is 0.399 e. The lowest BCUT2D eigenvalue weighted by atomic mass is 9.95. The zero-order valence-electron chi connectivity index (χ0n) is 32.0. The van der Waals surface area contributed by atoms with E-state index in [2.05, 4.69) is 26.6 Å². The molecule has 2 aromatic carbocycles. The highest BCUT2D eigenvalue weighted by Crippen LogP contribution is 2.15. The number of hydrogen-bond donors (Lipinski definition) is 8. The Morgan fingerprint density at radius 3 is 1.72 bits per heavy atom. The fourth-order valence-corrected chi connectivity index (χ4v) is 5.86. The minimum atomic E-state index is -1.35. The standard InChI is InChI=1S/C39H59N7O7/c1-22(2)17-29(44-39(53)35(24(5)6)46-38(52)32(42-25(7)47)20-27-13-15-28(40)16-14-27)33(48)21-34(49)43-31(18-23(3)4)37(51)45-30(36(41)50)19-26-11-9-8-10-12-26/h8-16,22-24,29-33,35,48H,17-21,40H2,1-7H3,(H2,41,50)(H,42,47)(H,43,49)(H,44,53)(H,45,51)(H,46,52)/t29-,30-,31-,32-,33-,35-/m0/s1. The summed E-state index contributed by atoms with van der Waals surface area (Å²) < 4.78 is 0. The molecule has 10 N–H and O–H groups in total. The molecule has 0 aromatic heterocycles. The van der Waals surface area contributed by atoms with Crippen LogP contribution in [0, 0.1) is 17.8 Å². The second-order valence-electron chi connectivity index (χ2n) is 14.8. The lowest BCUT2D eigenvalue weighted by Crippen LogP contribution is -2.58. The van der Waals surface area contributed by atoms with Crippen molar-refractivity contribution in [3.8, 4) is 0 Å². The molecule has 0 spiro atoms. The summed E-state index contributed by atoms with van der Waals surface area (Å²) in [5.74, 6) is -3.87. The van der Waals surface area contributed by atoms with Crippen molar-refractivity contribution in [2.24, 2.45) is 23.5 Å². The lowest BCUT2D eigenvalue weighted by molar-refractivity contribution is -0.134. The van der Waals surface area contributed by atoms with Crippen LogP contribution in [0.5, 0.6) is 0 Å². The third-order valence-corrected chi connectivity index (χ3v) is 8.57. The Hall–Kier alpha value is -4.98. The molecule has 0 radical (unpaired) electrons. The SMILES string of the molecule is CC(=O)N[C@@H](Cc1ccc(N)cc1)C(=O)N[C@H](C(=O)N[C@@H](CC(C)C)[C@@H](O)CC(=O)N[C@@H](CC(C)C)C(=O)N[C@@H](Cc1ccccc1)C(N)=O)C(C)C. The van der Waals surface area contributed by atoms with Gasteiger partial charge in [-0.1, -0.05) is 84.0 Å². The van der Waals surface area contributed by atoms with Crippen LogP contribution in [0.3, 0.4) is 0 Å². The van der Waals surface area contributed by atoms with Crippen LogP contribution in [0.1, 0.15) is 78.9 Å². The van der Waals surface area contributed by atoms with E-state index in [0.29, 0.717) is 12.1 Å². The maximum Gasteiger partial charge on any atom is 0.243 e. The van der Waals surface area contributed by atoms with Crippen LogP contribution >= 0.6 is 0 Å². The molecular weight excluding hydrogens is 678 g/mol. The van der Waals surface area contributed by atoms with E-state index in [4.69, 9.17) is 11.5 Å². The van der Waals surface area contributed by atoms with Crippen LogP contribution in [0.25, 0.3) is 0 Å².